The van der Waals surface area contributed by atoms with E-state index in [0.717, 1.165) is 18.2 Å². The average Bonchev–Trinajstić information content (AvgIpc) is 3.37. The summed E-state index contributed by atoms with van der Waals surface area (Å²) in [6.07, 6.45) is -1.95. The van der Waals surface area contributed by atoms with Gasteiger partial charge in [-0.15, -0.1) is 13.2 Å². The molecule has 2 aromatic carbocycles. The van der Waals surface area contributed by atoms with Crippen LogP contribution < -0.4 is 10.1 Å². The Morgan fingerprint density at radius 3 is 2.49 bits per heavy atom. The maximum atomic E-state index is 12.4. The van der Waals surface area contributed by atoms with Crippen LogP contribution in [0.1, 0.15) is 5.56 Å². The van der Waals surface area contributed by atoms with E-state index in [-0.39, 0.29) is 30.5 Å². The summed E-state index contributed by atoms with van der Waals surface area (Å²) in [7, 11) is 0. The number of amides is 1. The van der Waals surface area contributed by atoms with Crippen molar-refractivity contribution in [1.82, 2.24) is 15.2 Å². The number of aliphatic imine (C=N–C) groups is 1. The molecular formula is C22H16ClF3N6O3. The van der Waals surface area contributed by atoms with E-state index in [0.29, 0.717) is 16.3 Å². The number of aliphatic hydroxyl groups excluding tert-OH is 1. The number of halogens is 4. The number of aliphatic hydroxyl groups is 1. The summed E-state index contributed by atoms with van der Waals surface area (Å²) in [5.41, 5.74) is 1.35. The van der Waals surface area contributed by atoms with Crippen LogP contribution in [0.15, 0.2) is 70.5 Å². The van der Waals surface area contributed by atoms with Crippen molar-refractivity contribution in [3.05, 3.63) is 71.0 Å². The highest BCUT2D eigenvalue weighted by molar-refractivity contribution is 6.30. The van der Waals surface area contributed by atoms with E-state index in [1.807, 2.05) is 0 Å². The zero-order valence-corrected chi connectivity index (χ0v) is 18.5. The number of alkyl halides is 3. The first-order chi connectivity index (χ1) is 16.6. The van der Waals surface area contributed by atoms with Crippen molar-refractivity contribution in [3.8, 4) is 11.9 Å². The molecule has 0 aliphatic carbocycles. The third-order valence-electron chi connectivity index (χ3n) is 5.03. The largest absolute Gasteiger partial charge is 0.573 e. The zero-order chi connectivity index (χ0) is 25.2. The highest BCUT2D eigenvalue weighted by atomic mass is 35.5. The van der Waals surface area contributed by atoms with E-state index in [9.17, 15) is 28.3 Å². The molecule has 0 bridgehead atoms. The van der Waals surface area contributed by atoms with Gasteiger partial charge in [0.25, 0.3) is 5.91 Å². The topological polar surface area (TPSA) is 114 Å². The molecule has 0 saturated carbocycles. The second kappa shape index (κ2) is 9.55. The lowest BCUT2D eigenvalue weighted by Gasteiger charge is -2.25. The molecule has 1 unspecified atom stereocenters. The van der Waals surface area contributed by atoms with E-state index in [4.69, 9.17) is 11.6 Å². The van der Waals surface area contributed by atoms with Gasteiger partial charge in [-0.25, -0.2) is 10.0 Å². The summed E-state index contributed by atoms with van der Waals surface area (Å²) < 4.78 is 41.0. The van der Waals surface area contributed by atoms with Crippen LogP contribution >= 0.6 is 11.6 Å². The van der Waals surface area contributed by atoms with Gasteiger partial charge in [-0.3, -0.25) is 10.1 Å². The molecule has 13 heteroatoms. The number of ether oxygens (including phenoxy) is 1. The smallest absolute Gasteiger partial charge is 0.510 e. The number of hydrazone groups is 1. The molecule has 180 valence electrons. The Morgan fingerprint density at radius 2 is 1.91 bits per heavy atom. The molecule has 0 spiro atoms. The summed E-state index contributed by atoms with van der Waals surface area (Å²) in [5.74, 6) is -0.928. The number of carbonyl (C=O) groups excluding carboxylic acids is 1. The van der Waals surface area contributed by atoms with Crippen LogP contribution in [-0.2, 0) is 4.79 Å². The highest BCUT2D eigenvalue weighted by Gasteiger charge is 2.39. The molecule has 2 aromatic rings. The first-order valence-corrected chi connectivity index (χ1v) is 10.4. The Bertz CT molecular complexity index is 1250. The molecule has 1 atom stereocenters. The molecule has 0 saturated heterocycles. The van der Waals surface area contributed by atoms with E-state index in [1.165, 1.54) is 22.0 Å². The van der Waals surface area contributed by atoms with Gasteiger partial charge in [-0.1, -0.05) is 23.7 Å². The second-order valence-electron chi connectivity index (χ2n) is 7.41. The number of nitriles is 1. The van der Waals surface area contributed by atoms with Crippen molar-refractivity contribution in [3.63, 3.8) is 0 Å². The van der Waals surface area contributed by atoms with Crippen LogP contribution in [0.4, 0.5) is 18.9 Å². The number of guanidine groups is 1. The normalized spacial score (nSPS) is 18.3. The number of carbonyl (C=O) groups is 1. The lowest BCUT2D eigenvalue weighted by atomic mass is 10.0. The van der Waals surface area contributed by atoms with Gasteiger partial charge in [0, 0.05) is 16.7 Å². The lowest BCUT2D eigenvalue weighted by molar-refractivity contribution is -0.274. The fourth-order valence-corrected chi connectivity index (χ4v) is 3.70. The molecule has 2 N–H and O–H groups in total. The Morgan fingerprint density at radius 1 is 1.23 bits per heavy atom. The minimum absolute atomic E-state index is 0.0111. The van der Waals surface area contributed by atoms with Gasteiger partial charge < -0.3 is 14.7 Å². The number of hydrogen-bond acceptors (Lipinski definition) is 6. The molecule has 9 nitrogen and oxygen atoms in total. The molecule has 0 radical (unpaired) electrons. The van der Waals surface area contributed by atoms with Gasteiger partial charge in [0.15, 0.2) is 6.19 Å². The van der Waals surface area contributed by atoms with Crippen LogP contribution in [0.25, 0.3) is 0 Å². The SMILES string of the molecule is N#CNC(=Nc1ccc(OC(F)(F)F)cc1)N1CC(N2CC(O)=CC2=O)C(c2ccc(Cl)cc2)=N1. The Hall–Kier alpha value is -4.24. The van der Waals surface area contributed by atoms with Gasteiger partial charge in [-0.05, 0) is 36.4 Å². The molecule has 2 heterocycles. The maximum absolute atomic E-state index is 12.4. The van der Waals surface area contributed by atoms with E-state index >= 15 is 0 Å². The molecule has 35 heavy (non-hydrogen) atoms. The van der Waals surface area contributed by atoms with Crippen molar-refractivity contribution in [1.29, 1.82) is 5.26 Å². The van der Waals surface area contributed by atoms with Crippen LogP contribution in [0.3, 0.4) is 0 Å². The summed E-state index contributed by atoms with van der Waals surface area (Å²) in [6, 6.07) is 10.9. The highest BCUT2D eigenvalue weighted by Crippen LogP contribution is 2.27. The first kappa shape index (κ1) is 23.9. The molecule has 2 aliphatic heterocycles. The third-order valence-corrected chi connectivity index (χ3v) is 5.28. The second-order valence-corrected chi connectivity index (χ2v) is 7.84. The monoisotopic (exact) mass is 504 g/mol. The van der Waals surface area contributed by atoms with Crippen LogP contribution in [0, 0.1) is 11.5 Å². The minimum atomic E-state index is -4.83. The molecule has 1 amide bonds. The van der Waals surface area contributed by atoms with Crippen LogP contribution in [0.5, 0.6) is 5.75 Å². The van der Waals surface area contributed by atoms with E-state index in [2.05, 4.69) is 20.1 Å². The Labute approximate surface area is 202 Å². The van der Waals surface area contributed by atoms with E-state index in [1.54, 1.807) is 30.5 Å². The van der Waals surface area contributed by atoms with Gasteiger partial charge in [-0.2, -0.15) is 10.4 Å². The standard InChI is InChI=1S/C22H16ClF3N6O3/c23-14-3-1-13(2-4-14)20-18(31-10-16(33)9-19(31)34)11-32(30-20)21(28-12-27)29-15-5-7-17(8-6-15)35-22(24,25)26/h1-9,18,33H,10-11H2,(H,28,29). The third kappa shape index (κ3) is 5.64. The van der Waals surface area contributed by atoms with Crippen molar-refractivity contribution in [2.24, 2.45) is 10.1 Å². The van der Waals surface area contributed by atoms with Crippen LogP contribution in [0.2, 0.25) is 5.02 Å². The molecule has 2 aliphatic rings. The quantitative estimate of drug-likeness (QED) is 0.284. The fourth-order valence-electron chi connectivity index (χ4n) is 3.57. The number of rotatable bonds is 4. The van der Waals surface area contributed by atoms with Crippen molar-refractivity contribution >= 4 is 34.9 Å². The number of nitrogens with zero attached hydrogens (tertiary/aromatic N) is 5. The predicted octanol–water partition coefficient (Wildman–Crippen LogP) is 3.67. The zero-order valence-electron chi connectivity index (χ0n) is 17.7. The summed E-state index contributed by atoms with van der Waals surface area (Å²) >= 11 is 5.99. The number of benzene rings is 2. The predicted molar refractivity (Wildman–Crippen MR) is 120 cm³/mol. The maximum Gasteiger partial charge on any atom is 0.573 e. The number of nitrogens with one attached hydrogen (secondary N) is 1. The van der Waals surface area contributed by atoms with Crippen molar-refractivity contribution in [2.45, 2.75) is 12.4 Å². The van der Waals surface area contributed by atoms with Gasteiger partial charge in [0.2, 0.25) is 5.96 Å². The average molecular weight is 505 g/mol. The fraction of sp³-hybridized carbons (Fsp3) is 0.182. The number of hydrogen-bond donors (Lipinski definition) is 2. The van der Waals surface area contributed by atoms with E-state index < -0.39 is 24.1 Å². The molecule has 0 aromatic heterocycles. The van der Waals surface area contributed by atoms with Crippen molar-refractivity contribution < 1.29 is 27.8 Å². The molecule has 0 fully saturated rings. The Kier molecular flexibility index (Phi) is 6.52. The van der Waals surface area contributed by atoms with Crippen molar-refractivity contribution in [2.75, 3.05) is 13.1 Å². The Balaban J connectivity index is 1.65. The van der Waals surface area contributed by atoms with Gasteiger partial charge in [0.05, 0.1) is 30.5 Å². The van der Waals surface area contributed by atoms with Crippen LogP contribution in [-0.4, -0.2) is 58.1 Å². The minimum Gasteiger partial charge on any atom is -0.510 e. The van der Waals surface area contributed by atoms with Gasteiger partial charge in [0.1, 0.15) is 11.5 Å². The summed E-state index contributed by atoms with van der Waals surface area (Å²) in [4.78, 5) is 18.1. The lowest BCUT2D eigenvalue weighted by Crippen LogP contribution is -2.46. The summed E-state index contributed by atoms with van der Waals surface area (Å²) in [5, 5.41) is 27.9. The van der Waals surface area contributed by atoms with Gasteiger partial charge >= 0.3 is 6.36 Å². The molecular weight excluding hydrogens is 489 g/mol. The summed E-state index contributed by atoms with van der Waals surface area (Å²) in [6.45, 7) is 0.0797. The first-order valence-electron chi connectivity index (χ1n) is 10.0. The molecule has 4 rings (SSSR count).